The first-order valence-electron chi connectivity index (χ1n) is 6.81. The topological polar surface area (TPSA) is 66.0 Å². The minimum atomic E-state index is -0.677. The summed E-state index contributed by atoms with van der Waals surface area (Å²) < 4.78 is 0. The van der Waals surface area contributed by atoms with Crippen molar-refractivity contribution < 1.29 is 9.90 Å². The molecular weight excluding hydrogens is 252 g/mol. The van der Waals surface area contributed by atoms with Crippen molar-refractivity contribution in [1.82, 2.24) is 9.97 Å². The average Bonchev–Trinajstić information content (AvgIpc) is 2.81. The number of carbonyl (C=O) groups is 1. The largest absolute Gasteiger partial charge is 0.481 e. The van der Waals surface area contributed by atoms with E-state index in [2.05, 4.69) is 22.1 Å². The lowest BCUT2D eigenvalue weighted by molar-refractivity contribution is -0.145. The molecular formula is C16H14N2O2. The van der Waals surface area contributed by atoms with Gasteiger partial charge in [0.1, 0.15) is 5.65 Å². The molecule has 0 bridgehead atoms. The van der Waals surface area contributed by atoms with E-state index in [4.69, 9.17) is 5.11 Å². The van der Waals surface area contributed by atoms with Gasteiger partial charge in [-0.1, -0.05) is 24.3 Å². The summed E-state index contributed by atoms with van der Waals surface area (Å²) >= 11 is 0. The fourth-order valence-corrected chi connectivity index (χ4v) is 3.18. The van der Waals surface area contributed by atoms with Crippen LogP contribution in [0.3, 0.4) is 0 Å². The summed E-state index contributed by atoms with van der Waals surface area (Å²) in [5.74, 6) is -0.533. The van der Waals surface area contributed by atoms with Crippen molar-refractivity contribution in [2.24, 2.45) is 5.92 Å². The summed E-state index contributed by atoms with van der Waals surface area (Å²) in [6.45, 7) is 0. The third-order valence-electron chi connectivity index (χ3n) is 4.38. The highest BCUT2D eigenvalue weighted by molar-refractivity contribution is 6.06. The Morgan fingerprint density at radius 3 is 2.90 bits per heavy atom. The zero-order chi connectivity index (χ0) is 13.7. The number of benzene rings is 1. The fourth-order valence-electron chi connectivity index (χ4n) is 3.18. The van der Waals surface area contributed by atoms with E-state index in [1.807, 2.05) is 24.5 Å². The van der Waals surface area contributed by atoms with Crippen LogP contribution >= 0.6 is 0 Å². The smallest absolute Gasteiger partial charge is 0.306 e. The normalized spacial score (nSPS) is 22.0. The van der Waals surface area contributed by atoms with Gasteiger partial charge in [0.15, 0.2) is 0 Å². The Bertz CT molecular complexity index is 816. The summed E-state index contributed by atoms with van der Waals surface area (Å²) in [6.07, 6.45) is 5.32. The maximum atomic E-state index is 11.0. The van der Waals surface area contributed by atoms with E-state index in [0.717, 1.165) is 29.3 Å². The van der Waals surface area contributed by atoms with Crippen molar-refractivity contribution in [3.05, 3.63) is 42.2 Å². The third kappa shape index (κ3) is 1.54. The Hall–Kier alpha value is -2.36. The molecule has 4 rings (SSSR count). The zero-order valence-corrected chi connectivity index (χ0v) is 10.8. The SMILES string of the molecule is O=C(O)C1CC(c2c[nH]c3ncc4ccccc4c23)C1. The Morgan fingerprint density at radius 1 is 1.30 bits per heavy atom. The number of nitrogens with zero attached hydrogens (tertiary/aromatic N) is 1. The maximum absolute atomic E-state index is 11.0. The van der Waals surface area contributed by atoms with Crippen LogP contribution in [0.2, 0.25) is 0 Å². The molecule has 1 aliphatic carbocycles. The second-order valence-electron chi connectivity index (χ2n) is 5.52. The van der Waals surface area contributed by atoms with Crippen LogP contribution in [0.4, 0.5) is 0 Å². The molecule has 0 atom stereocenters. The molecule has 0 unspecified atom stereocenters. The number of aliphatic carboxylic acids is 1. The van der Waals surface area contributed by atoms with Crippen molar-refractivity contribution in [3.63, 3.8) is 0 Å². The van der Waals surface area contributed by atoms with Crippen molar-refractivity contribution in [3.8, 4) is 0 Å². The molecule has 0 spiro atoms. The predicted molar refractivity (Wildman–Crippen MR) is 76.7 cm³/mol. The molecule has 20 heavy (non-hydrogen) atoms. The number of rotatable bonds is 2. The van der Waals surface area contributed by atoms with Crippen LogP contribution in [-0.2, 0) is 4.79 Å². The van der Waals surface area contributed by atoms with Crippen LogP contribution in [0.15, 0.2) is 36.7 Å². The quantitative estimate of drug-likeness (QED) is 0.748. The second kappa shape index (κ2) is 4.07. The standard InChI is InChI=1S/C16H14N2O2/c19-16(20)11-5-10(6-11)13-8-18-15-14(13)12-4-2-1-3-9(12)7-17-15/h1-4,7-8,10-11H,5-6H2,(H,17,18)(H,19,20). The number of aromatic amines is 1. The summed E-state index contributed by atoms with van der Waals surface area (Å²) in [5.41, 5.74) is 2.10. The molecule has 4 nitrogen and oxygen atoms in total. The van der Waals surface area contributed by atoms with E-state index in [1.54, 1.807) is 0 Å². The summed E-state index contributed by atoms with van der Waals surface area (Å²) in [4.78, 5) is 18.6. The molecule has 4 heteroatoms. The maximum Gasteiger partial charge on any atom is 0.306 e. The lowest BCUT2D eigenvalue weighted by Gasteiger charge is -2.32. The van der Waals surface area contributed by atoms with Crippen molar-refractivity contribution in [2.75, 3.05) is 0 Å². The Labute approximate surface area is 115 Å². The van der Waals surface area contributed by atoms with Crippen molar-refractivity contribution >= 4 is 27.8 Å². The Kier molecular flexibility index (Phi) is 2.33. The zero-order valence-electron chi connectivity index (χ0n) is 10.8. The van der Waals surface area contributed by atoms with Gasteiger partial charge in [-0.15, -0.1) is 0 Å². The van der Waals surface area contributed by atoms with Gasteiger partial charge in [0, 0.05) is 23.2 Å². The molecule has 100 valence electrons. The lowest BCUT2D eigenvalue weighted by Crippen LogP contribution is -2.28. The minimum absolute atomic E-state index is 0.187. The van der Waals surface area contributed by atoms with Gasteiger partial charge in [-0.05, 0) is 29.7 Å². The molecule has 2 heterocycles. The third-order valence-corrected chi connectivity index (χ3v) is 4.38. The van der Waals surface area contributed by atoms with Crippen LogP contribution in [0.1, 0.15) is 24.3 Å². The lowest BCUT2D eigenvalue weighted by atomic mass is 9.71. The van der Waals surface area contributed by atoms with E-state index in [-0.39, 0.29) is 5.92 Å². The monoisotopic (exact) mass is 266 g/mol. The number of carboxylic acids is 1. The number of nitrogens with one attached hydrogen (secondary N) is 1. The first-order valence-corrected chi connectivity index (χ1v) is 6.81. The van der Waals surface area contributed by atoms with E-state index in [1.165, 1.54) is 10.9 Å². The molecule has 2 aromatic heterocycles. The van der Waals surface area contributed by atoms with Gasteiger partial charge in [-0.3, -0.25) is 4.79 Å². The molecule has 0 amide bonds. The molecule has 3 aromatic rings. The first-order chi connectivity index (χ1) is 9.74. The summed E-state index contributed by atoms with van der Waals surface area (Å²) in [6, 6.07) is 8.19. The van der Waals surface area contributed by atoms with Gasteiger partial charge in [0.2, 0.25) is 0 Å². The molecule has 2 N–H and O–H groups in total. The van der Waals surface area contributed by atoms with Crippen LogP contribution in [-0.4, -0.2) is 21.0 Å². The highest BCUT2D eigenvalue weighted by atomic mass is 16.4. The van der Waals surface area contributed by atoms with E-state index in [0.29, 0.717) is 5.92 Å². The number of H-pyrrole nitrogens is 1. The molecule has 0 saturated heterocycles. The van der Waals surface area contributed by atoms with Crippen LogP contribution in [0.25, 0.3) is 21.8 Å². The molecule has 1 fully saturated rings. The molecule has 1 aromatic carbocycles. The summed E-state index contributed by atoms with van der Waals surface area (Å²) in [5, 5.41) is 12.5. The highest BCUT2D eigenvalue weighted by Crippen LogP contribution is 2.45. The van der Waals surface area contributed by atoms with Gasteiger partial charge < -0.3 is 10.1 Å². The van der Waals surface area contributed by atoms with Gasteiger partial charge in [0.05, 0.1) is 5.92 Å². The van der Waals surface area contributed by atoms with E-state index < -0.39 is 5.97 Å². The predicted octanol–water partition coefficient (Wildman–Crippen LogP) is 3.29. The minimum Gasteiger partial charge on any atom is -0.481 e. The average molecular weight is 266 g/mol. The Balaban J connectivity index is 1.85. The van der Waals surface area contributed by atoms with Crippen molar-refractivity contribution in [1.29, 1.82) is 0 Å². The van der Waals surface area contributed by atoms with Gasteiger partial charge in [-0.25, -0.2) is 4.98 Å². The van der Waals surface area contributed by atoms with Crippen LogP contribution < -0.4 is 0 Å². The highest BCUT2D eigenvalue weighted by Gasteiger charge is 2.36. The van der Waals surface area contributed by atoms with Crippen LogP contribution in [0.5, 0.6) is 0 Å². The van der Waals surface area contributed by atoms with E-state index >= 15 is 0 Å². The number of hydrogen-bond acceptors (Lipinski definition) is 2. The number of aromatic nitrogens is 2. The molecule has 1 aliphatic rings. The summed E-state index contributed by atoms with van der Waals surface area (Å²) in [7, 11) is 0. The second-order valence-corrected chi connectivity index (χ2v) is 5.52. The van der Waals surface area contributed by atoms with E-state index in [9.17, 15) is 4.79 Å². The first kappa shape index (κ1) is 11.5. The number of hydrogen-bond donors (Lipinski definition) is 2. The number of pyridine rings is 1. The van der Waals surface area contributed by atoms with Crippen LogP contribution in [0, 0.1) is 5.92 Å². The number of carboxylic acid groups (broad SMARTS) is 1. The molecule has 1 saturated carbocycles. The van der Waals surface area contributed by atoms with Gasteiger partial charge in [-0.2, -0.15) is 0 Å². The number of fused-ring (bicyclic) bond motifs is 3. The fraction of sp³-hybridized carbons (Fsp3) is 0.250. The molecule has 0 radical (unpaired) electrons. The van der Waals surface area contributed by atoms with Gasteiger partial charge >= 0.3 is 5.97 Å². The Morgan fingerprint density at radius 2 is 2.10 bits per heavy atom. The van der Waals surface area contributed by atoms with Crippen molar-refractivity contribution in [2.45, 2.75) is 18.8 Å². The van der Waals surface area contributed by atoms with Gasteiger partial charge in [0.25, 0.3) is 0 Å². The molecule has 0 aliphatic heterocycles.